The van der Waals surface area contributed by atoms with Crippen molar-refractivity contribution in [3.63, 3.8) is 0 Å². The van der Waals surface area contributed by atoms with Crippen LogP contribution in [0.1, 0.15) is 33.0 Å². The second-order valence-electron chi connectivity index (χ2n) is 6.77. The molecule has 9 heteroatoms. The highest BCUT2D eigenvalue weighted by Gasteiger charge is 2.30. The molecule has 1 aromatic heterocycles. The molecule has 1 aromatic carbocycles. The Kier molecular flexibility index (Phi) is 7.69. The predicted molar refractivity (Wildman–Crippen MR) is 107 cm³/mol. The number of phenolic OH excluding ortho intramolecular Hbond substituents is 1. The first-order valence-electron chi connectivity index (χ1n) is 9.73. The van der Waals surface area contributed by atoms with Gasteiger partial charge in [0.05, 0.1) is 43.7 Å². The van der Waals surface area contributed by atoms with E-state index in [0.29, 0.717) is 62.6 Å². The lowest BCUT2D eigenvalue weighted by atomic mass is 10.1. The Hall–Kier alpha value is -3.04. The van der Waals surface area contributed by atoms with Gasteiger partial charge in [0.2, 0.25) is 0 Å². The maximum absolute atomic E-state index is 13.2. The van der Waals surface area contributed by atoms with Crippen LogP contribution in [0.2, 0.25) is 0 Å². The summed E-state index contributed by atoms with van der Waals surface area (Å²) in [6, 6.07) is 4.44. The quantitative estimate of drug-likeness (QED) is 0.614. The second kappa shape index (κ2) is 10.7. The van der Waals surface area contributed by atoms with E-state index in [0.717, 1.165) is 0 Å². The van der Waals surface area contributed by atoms with E-state index in [2.05, 4.69) is 9.97 Å². The number of hydrogen-bond donors (Lipinski definition) is 1. The first kappa shape index (κ1) is 21.7. The summed E-state index contributed by atoms with van der Waals surface area (Å²) in [5.74, 6) is -0.0321. The Labute approximate surface area is 174 Å². The normalized spacial score (nSPS) is 16.3. The molecule has 9 nitrogen and oxygen atoms in total. The zero-order chi connectivity index (χ0) is 21.3. The number of amides is 1. The van der Waals surface area contributed by atoms with E-state index in [1.165, 1.54) is 12.3 Å². The molecule has 30 heavy (non-hydrogen) atoms. The third kappa shape index (κ3) is 5.11. The maximum Gasteiger partial charge on any atom is 0.274 e. The number of carbonyl (C=O) groups excluding carboxylic acids is 2. The van der Waals surface area contributed by atoms with Crippen LogP contribution < -0.4 is 4.74 Å². The number of benzene rings is 1. The van der Waals surface area contributed by atoms with Crippen molar-refractivity contribution in [2.24, 2.45) is 0 Å². The molecule has 1 saturated heterocycles. The largest absolute Gasteiger partial charge is 0.507 e. The molecule has 0 unspecified atom stereocenters. The van der Waals surface area contributed by atoms with Gasteiger partial charge in [-0.1, -0.05) is 6.07 Å². The van der Waals surface area contributed by atoms with Gasteiger partial charge in [-0.2, -0.15) is 0 Å². The van der Waals surface area contributed by atoms with Crippen LogP contribution in [0.5, 0.6) is 11.5 Å². The smallest absolute Gasteiger partial charge is 0.274 e. The zero-order valence-corrected chi connectivity index (χ0v) is 16.8. The lowest BCUT2D eigenvalue weighted by Gasteiger charge is -2.35. The van der Waals surface area contributed by atoms with Crippen LogP contribution in [0, 0.1) is 0 Å². The number of morpholine rings is 1. The summed E-state index contributed by atoms with van der Waals surface area (Å²) >= 11 is 0. The van der Waals surface area contributed by atoms with Crippen LogP contribution in [0.3, 0.4) is 0 Å². The molecule has 1 amide bonds. The monoisotopic (exact) mass is 415 g/mol. The molecule has 0 radical (unpaired) electrons. The molecule has 1 fully saturated rings. The standard InChI is InChI=1S/C21H25N3O6/c1-28-10-6-17-20(23-8-7-22-17)21(27)24-9-12-29-14-15(24)5-11-30-19-4-2-3-18(26)16(19)13-25/h2-4,7-8,13,15,26H,5-6,9-12,14H2,1H3/t15-/m1/s1. The third-order valence-corrected chi connectivity index (χ3v) is 4.88. The molecule has 1 N–H and O–H groups in total. The Morgan fingerprint density at radius 3 is 2.97 bits per heavy atom. The summed E-state index contributed by atoms with van der Waals surface area (Å²) < 4.78 is 16.3. The molecule has 0 bridgehead atoms. The fourth-order valence-corrected chi connectivity index (χ4v) is 3.31. The van der Waals surface area contributed by atoms with E-state index >= 15 is 0 Å². The van der Waals surface area contributed by atoms with Crippen molar-refractivity contribution in [3.8, 4) is 11.5 Å². The van der Waals surface area contributed by atoms with Crippen molar-refractivity contribution in [2.45, 2.75) is 18.9 Å². The Balaban J connectivity index is 1.68. The van der Waals surface area contributed by atoms with Crippen molar-refractivity contribution in [3.05, 3.63) is 47.5 Å². The van der Waals surface area contributed by atoms with Gasteiger partial charge in [-0.25, -0.2) is 4.98 Å². The van der Waals surface area contributed by atoms with Gasteiger partial charge in [0.25, 0.3) is 5.91 Å². The van der Waals surface area contributed by atoms with Crippen molar-refractivity contribution in [1.82, 2.24) is 14.9 Å². The number of carbonyl (C=O) groups is 2. The number of hydrogen-bond acceptors (Lipinski definition) is 8. The topological polar surface area (TPSA) is 111 Å². The minimum atomic E-state index is -0.208. The summed E-state index contributed by atoms with van der Waals surface area (Å²) in [4.78, 5) is 34.6. The van der Waals surface area contributed by atoms with E-state index in [1.807, 2.05) is 0 Å². The summed E-state index contributed by atoms with van der Waals surface area (Å²) in [5, 5.41) is 9.76. The molecular weight excluding hydrogens is 390 g/mol. The van der Waals surface area contributed by atoms with Crippen molar-refractivity contribution < 1.29 is 28.9 Å². The highest BCUT2D eigenvalue weighted by Crippen LogP contribution is 2.26. The molecule has 0 spiro atoms. The van der Waals surface area contributed by atoms with Gasteiger partial charge < -0.3 is 24.2 Å². The van der Waals surface area contributed by atoms with E-state index < -0.39 is 0 Å². The van der Waals surface area contributed by atoms with E-state index in [-0.39, 0.29) is 29.9 Å². The summed E-state index contributed by atoms with van der Waals surface area (Å²) in [6.45, 7) is 1.96. The predicted octanol–water partition coefficient (Wildman–Crippen LogP) is 1.49. The number of aldehydes is 1. The molecule has 1 atom stereocenters. The van der Waals surface area contributed by atoms with Crippen molar-refractivity contribution in [2.75, 3.05) is 40.1 Å². The fraction of sp³-hybridized carbons (Fsp3) is 0.429. The van der Waals surface area contributed by atoms with Gasteiger partial charge in [0, 0.05) is 38.9 Å². The molecule has 1 aliphatic rings. The highest BCUT2D eigenvalue weighted by molar-refractivity contribution is 5.93. The molecule has 160 valence electrons. The summed E-state index contributed by atoms with van der Waals surface area (Å²) in [7, 11) is 1.60. The first-order chi connectivity index (χ1) is 14.7. The van der Waals surface area contributed by atoms with Crippen LogP contribution >= 0.6 is 0 Å². The molecule has 2 heterocycles. The second-order valence-corrected chi connectivity index (χ2v) is 6.77. The summed E-state index contributed by atoms with van der Waals surface area (Å²) in [5.41, 5.74) is 1.02. The number of phenols is 1. The van der Waals surface area contributed by atoms with Crippen LogP contribution in [0.25, 0.3) is 0 Å². The van der Waals surface area contributed by atoms with Gasteiger partial charge >= 0.3 is 0 Å². The number of methoxy groups -OCH3 is 1. The van der Waals surface area contributed by atoms with Crippen LogP contribution in [0.15, 0.2) is 30.6 Å². The average Bonchev–Trinajstić information content (AvgIpc) is 2.78. The molecule has 1 aliphatic heterocycles. The van der Waals surface area contributed by atoms with Crippen molar-refractivity contribution >= 4 is 12.2 Å². The number of aromatic hydroxyl groups is 1. The molecule has 0 aliphatic carbocycles. The van der Waals surface area contributed by atoms with E-state index in [9.17, 15) is 14.7 Å². The molecular formula is C21H25N3O6. The van der Waals surface area contributed by atoms with Crippen LogP contribution in [0.4, 0.5) is 0 Å². The fourth-order valence-electron chi connectivity index (χ4n) is 3.31. The zero-order valence-electron chi connectivity index (χ0n) is 16.8. The van der Waals surface area contributed by atoms with E-state index in [4.69, 9.17) is 14.2 Å². The lowest BCUT2D eigenvalue weighted by Crippen LogP contribution is -2.49. The lowest BCUT2D eigenvalue weighted by molar-refractivity contribution is -0.00783. The van der Waals surface area contributed by atoms with Crippen molar-refractivity contribution in [1.29, 1.82) is 0 Å². The average molecular weight is 415 g/mol. The van der Waals surface area contributed by atoms with Gasteiger partial charge in [-0.15, -0.1) is 0 Å². The SMILES string of the molecule is COCCc1nccnc1C(=O)N1CCOC[C@H]1CCOc1cccc(O)c1C=O. The number of rotatable bonds is 9. The number of aromatic nitrogens is 2. The van der Waals surface area contributed by atoms with Gasteiger partial charge in [-0.3, -0.25) is 14.6 Å². The Bertz CT molecular complexity index is 876. The molecule has 3 rings (SSSR count). The number of nitrogens with zero attached hydrogens (tertiary/aromatic N) is 3. The van der Waals surface area contributed by atoms with Gasteiger partial charge in [0.1, 0.15) is 17.2 Å². The van der Waals surface area contributed by atoms with Crippen LogP contribution in [-0.2, 0) is 15.9 Å². The highest BCUT2D eigenvalue weighted by atomic mass is 16.5. The number of ether oxygens (including phenoxy) is 3. The maximum atomic E-state index is 13.2. The van der Waals surface area contributed by atoms with Crippen LogP contribution in [-0.4, -0.2) is 78.3 Å². The van der Waals surface area contributed by atoms with Gasteiger partial charge in [0.15, 0.2) is 6.29 Å². The summed E-state index contributed by atoms with van der Waals surface area (Å²) in [6.07, 6.45) is 4.61. The first-order valence-corrected chi connectivity index (χ1v) is 9.73. The third-order valence-electron chi connectivity index (χ3n) is 4.88. The molecule has 2 aromatic rings. The van der Waals surface area contributed by atoms with E-state index in [1.54, 1.807) is 30.3 Å². The molecule has 0 saturated carbocycles. The Morgan fingerprint density at radius 2 is 2.17 bits per heavy atom. The van der Waals surface area contributed by atoms with Gasteiger partial charge in [-0.05, 0) is 12.1 Å². The minimum Gasteiger partial charge on any atom is -0.507 e. The minimum absolute atomic E-state index is 0.104. The Morgan fingerprint density at radius 1 is 1.33 bits per heavy atom.